The van der Waals surface area contributed by atoms with E-state index in [1.54, 1.807) is 13.2 Å². The molecule has 2 heterocycles. The van der Waals surface area contributed by atoms with Gasteiger partial charge in [-0.25, -0.2) is 4.90 Å². The predicted molar refractivity (Wildman–Crippen MR) is 131 cm³/mol. The lowest BCUT2D eigenvalue weighted by Gasteiger charge is -2.22. The lowest BCUT2D eigenvalue weighted by molar-refractivity contribution is -0.120. The average Bonchev–Trinajstić information content (AvgIpc) is 3.37. The highest BCUT2D eigenvalue weighted by molar-refractivity contribution is 6.46. The van der Waals surface area contributed by atoms with Gasteiger partial charge in [0.2, 0.25) is 0 Å². The number of para-hydroxylation sites is 1. The Kier molecular flexibility index (Phi) is 5.13. The first-order valence-electron chi connectivity index (χ1n) is 10.9. The molecule has 2 aliphatic heterocycles. The Hall–Kier alpha value is -4.06. The number of fused-ring (bicyclic) bond motifs is 1. The van der Waals surface area contributed by atoms with E-state index in [0.717, 1.165) is 17.8 Å². The van der Waals surface area contributed by atoms with E-state index in [1.165, 1.54) is 10.5 Å². The van der Waals surface area contributed by atoms with Gasteiger partial charge in [0.25, 0.3) is 11.8 Å². The molecule has 2 amide bonds. The molecule has 0 saturated heterocycles. The van der Waals surface area contributed by atoms with Gasteiger partial charge in [-0.15, -0.1) is 0 Å². The minimum atomic E-state index is -0.319. The minimum Gasteiger partial charge on any atom is -0.497 e. The molecule has 3 aromatic rings. The second-order valence-electron chi connectivity index (χ2n) is 8.34. The highest BCUT2D eigenvalue weighted by atomic mass is 16.5. The standard InChI is InChI=1S/C27H25N3O3/c1-28(2)20-8-6-9-21(17-20)30-26(31)24(19-11-13-22(33-3)14-12-19)25(27(30)32)29-16-15-18-7-4-5-10-23(18)29/h4-14,17H,15-16H2,1-3H3. The quantitative estimate of drug-likeness (QED) is 0.560. The monoisotopic (exact) mass is 439 g/mol. The number of imide groups is 1. The van der Waals surface area contributed by atoms with E-state index in [9.17, 15) is 9.59 Å². The number of amides is 2. The number of hydrogen-bond donors (Lipinski definition) is 0. The first-order chi connectivity index (χ1) is 16.0. The maximum Gasteiger partial charge on any atom is 0.282 e. The van der Waals surface area contributed by atoms with Crippen molar-refractivity contribution in [2.45, 2.75) is 6.42 Å². The van der Waals surface area contributed by atoms with Crippen LogP contribution in [0.25, 0.3) is 5.57 Å². The van der Waals surface area contributed by atoms with Crippen molar-refractivity contribution in [2.75, 3.05) is 42.4 Å². The van der Waals surface area contributed by atoms with Crippen LogP contribution in [0.15, 0.2) is 78.5 Å². The van der Waals surface area contributed by atoms with Gasteiger partial charge in [0.05, 0.1) is 18.4 Å². The molecular formula is C27H25N3O3. The number of ether oxygens (including phenoxy) is 1. The Morgan fingerprint density at radius 1 is 0.879 bits per heavy atom. The number of methoxy groups -OCH3 is 1. The van der Waals surface area contributed by atoms with E-state index >= 15 is 0 Å². The molecule has 0 saturated carbocycles. The summed E-state index contributed by atoms with van der Waals surface area (Å²) in [5.41, 5.74) is 5.15. The van der Waals surface area contributed by atoms with Crippen LogP contribution < -0.4 is 19.4 Å². The number of anilines is 3. The van der Waals surface area contributed by atoms with Crippen LogP contribution in [0.5, 0.6) is 5.75 Å². The van der Waals surface area contributed by atoms with E-state index in [2.05, 4.69) is 6.07 Å². The maximum absolute atomic E-state index is 13.9. The molecule has 166 valence electrons. The highest BCUT2D eigenvalue weighted by Crippen LogP contribution is 2.40. The summed E-state index contributed by atoms with van der Waals surface area (Å²) in [6, 6.07) is 22.8. The normalized spacial score (nSPS) is 15.4. The van der Waals surface area contributed by atoms with Gasteiger partial charge in [-0.3, -0.25) is 9.59 Å². The van der Waals surface area contributed by atoms with Crippen LogP contribution >= 0.6 is 0 Å². The molecule has 3 aromatic carbocycles. The fourth-order valence-corrected chi connectivity index (χ4v) is 4.50. The number of benzene rings is 3. The molecule has 6 heteroatoms. The molecule has 2 aliphatic rings. The van der Waals surface area contributed by atoms with Crippen LogP contribution in [0.2, 0.25) is 0 Å². The van der Waals surface area contributed by atoms with E-state index in [0.29, 0.717) is 34.8 Å². The van der Waals surface area contributed by atoms with Crippen molar-refractivity contribution in [3.05, 3.63) is 89.6 Å². The fraction of sp³-hybridized carbons (Fsp3) is 0.185. The molecule has 5 rings (SSSR count). The zero-order chi connectivity index (χ0) is 23.1. The van der Waals surface area contributed by atoms with Gasteiger partial charge in [-0.2, -0.15) is 0 Å². The summed E-state index contributed by atoms with van der Waals surface area (Å²) in [5.74, 6) is 0.0682. The molecular weight excluding hydrogens is 414 g/mol. The number of carbonyl (C=O) groups is 2. The molecule has 0 radical (unpaired) electrons. The molecule has 33 heavy (non-hydrogen) atoms. The molecule has 0 aliphatic carbocycles. The maximum atomic E-state index is 13.9. The Balaban J connectivity index is 1.66. The number of nitrogens with zero attached hydrogens (tertiary/aromatic N) is 3. The zero-order valence-electron chi connectivity index (χ0n) is 18.9. The topological polar surface area (TPSA) is 53.1 Å². The molecule has 0 unspecified atom stereocenters. The summed E-state index contributed by atoms with van der Waals surface area (Å²) in [4.78, 5) is 32.9. The number of carbonyl (C=O) groups excluding carboxylic acids is 2. The Morgan fingerprint density at radius 2 is 1.64 bits per heavy atom. The van der Waals surface area contributed by atoms with Crippen LogP contribution in [-0.2, 0) is 16.0 Å². The second kappa shape index (κ2) is 8.13. The predicted octanol–water partition coefficient (Wildman–Crippen LogP) is 4.11. The van der Waals surface area contributed by atoms with Gasteiger partial charge in [0, 0.05) is 32.0 Å². The summed E-state index contributed by atoms with van der Waals surface area (Å²) >= 11 is 0. The third kappa shape index (κ3) is 3.44. The third-order valence-corrected chi connectivity index (χ3v) is 6.20. The summed E-state index contributed by atoms with van der Waals surface area (Å²) in [6.07, 6.45) is 0.827. The number of rotatable bonds is 5. The summed E-state index contributed by atoms with van der Waals surface area (Å²) < 4.78 is 5.29. The van der Waals surface area contributed by atoms with Crippen molar-refractivity contribution >= 4 is 34.4 Å². The summed E-state index contributed by atoms with van der Waals surface area (Å²) in [7, 11) is 5.46. The van der Waals surface area contributed by atoms with E-state index in [-0.39, 0.29) is 11.8 Å². The van der Waals surface area contributed by atoms with Gasteiger partial charge in [0.1, 0.15) is 11.4 Å². The van der Waals surface area contributed by atoms with Gasteiger partial charge >= 0.3 is 0 Å². The SMILES string of the molecule is COc1ccc(C2=C(N3CCc4ccccc43)C(=O)N(c3cccc(N(C)C)c3)C2=O)cc1. The average molecular weight is 440 g/mol. The van der Waals surface area contributed by atoms with Crippen molar-refractivity contribution in [1.82, 2.24) is 0 Å². The molecule has 6 nitrogen and oxygen atoms in total. The lowest BCUT2D eigenvalue weighted by atomic mass is 10.0. The van der Waals surface area contributed by atoms with Gasteiger partial charge in [-0.1, -0.05) is 36.4 Å². The van der Waals surface area contributed by atoms with Crippen molar-refractivity contribution in [2.24, 2.45) is 0 Å². The van der Waals surface area contributed by atoms with Gasteiger partial charge < -0.3 is 14.5 Å². The highest BCUT2D eigenvalue weighted by Gasteiger charge is 2.44. The van der Waals surface area contributed by atoms with E-state index in [1.807, 2.05) is 84.6 Å². The smallest absolute Gasteiger partial charge is 0.282 e. The van der Waals surface area contributed by atoms with Gasteiger partial charge in [0.15, 0.2) is 0 Å². The Bertz CT molecular complexity index is 1280. The van der Waals surface area contributed by atoms with Crippen LogP contribution in [0, 0.1) is 0 Å². The molecule has 0 aromatic heterocycles. The molecule has 0 fully saturated rings. The lowest BCUT2D eigenvalue weighted by Crippen LogP contribution is -2.35. The zero-order valence-corrected chi connectivity index (χ0v) is 18.9. The van der Waals surface area contributed by atoms with Crippen molar-refractivity contribution < 1.29 is 14.3 Å². The van der Waals surface area contributed by atoms with Crippen molar-refractivity contribution in [3.8, 4) is 5.75 Å². The second-order valence-corrected chi connectivity index (χ2v) is 8.34. The third-order valence-electron chi connectivity index (χ3n) is 6.20. The first-order valence-corrected chi connectivity index (χ1v) is 10.9. The van der Waals surface area contributed by atoms with E-state index < -0.39 is 0 Å². The molecule has 0 N–H and O–H groups in total. The van der Waals surface area contributed by atoms with Gasteiger partial charge in [-0.05, 0) is 53.9 Å². The molecule has 0 atom stereocenters. The van der Waals surface area contributed by atoms with Crippen molar-refractivity contribution in [1.29, 1.82) is 0 Å². The number of hydrogen-bond acceptors (Lipinski definition) is 5. The Morgan fingerprint density at radius 3 is 2.36 bits per heavy atom. The largest absolute Gasteiger partial charge is 0.497 e. The van der Waals surface area contributed by atoms with Crippen LogP contribution in [-0.4, -0.2) is 39.6 Å². The summed E-state index contributed by atoms with van der Waals surface area (Å²) in [6.45, 7) is 0.652. The van der Waals surface area contributed by atoms with Crippen LogP contribution in [0.3, 0.4) is 0 Å². The Labute approximate surface area is 193 Å². The first kappa shape index (κ1) is 20.8. The molecule has 0 bridgehead atoms. The van der Waals surface area contributed by atoms with Crippen LogP contribution in [0.4, 0.5) is 17.1 Å². The molecule has 0 spiro atoms. The van der Waals surface area contributed by atoms with E-state index in [4.69, 9.17) is 4.74 Å². The summed E-state index contributed by atoms with van der Waals surface area (Å²) in [5, 5.41) is 0. The minimum absolute atomic E-state index is 0.307. The van der Waals surface area contributed by atoms with Crippen LogP contribution in [0.1, 0.15) is 11.1 Å². The fourth-order valence-electron chi connectivity index (χ4n) is 4.50. The van der Waals surface area contributed by atoms with Crippen molar-refractivity contribution in [3.63, 3.8) is 0 Å².